The molecule has 0 bridgehead atoms. The SMILES string of the molecule is CCC[C@H](C)NC(=O)CSc1nnc(C[C@@H]2CCS(=O)(=O)C2)n1C. The normalized spacial score (nSPS) is 20.9. The van der Waals surface area contributed by atoms with Crippen molar-refractivity contribution >= 4 is 27.5 Å². The number of hydrogen-bond donors (Lipinski definition) is 1. The molecule has 1 amide bonds. The maximum atomic E-state index is 11.9. The Labute approximate surface area is 147 Å². The van der Waals surface area contributed by atoms with E-state index < -0.39 is 9.84 Å². The first-order valence-electron chi connectivity index (χ1n) is 8.31. The van der Waals surface area contributed by atoms with Crippen LogP contribution in [0.3, 0.4) is 0 Å². The van der Waals surface area contributed by atoms with Gasteiger partial charge in [0.05, 0.1) is 17.3 Å². The summed E-state index contributed by atoms with van der Waals surface area (Å²) in [7, 11) is -1.02. The van der Waals surface area contributed by atoms with Crippen LogP contribution >= 0.6 is 11.8 Å². The smallest absolute Gasteiger partial charge is 0.230 e. The fourth-order valence-corrected chi connectivity index (χ4v) is 5.49. The van der Waals surface area contributed by atoms with Crippen LogP contribution in [0.5, 0.6) is 0 Å². The summed E-state index contributed by atoms with van der Waals surface area (Å²) in [5.74, 6) is 1.70. The zero-order valence-corrected chi connectivity index (χ0v) is 16.1. The standard InChI is InChI=1S/C15H26N4O3S2/c1-4-5-11(2)16-14(20)9-23-15-18-17-13(19(15)3)8-12-6-7-24(21,22)10-12/h11-12H,4-10H2,1-3H3,(H,16,20)/t11-,12-/m0/s1. The van der Waals surface area contributed by atoms with Crippen LogP contribution in [0.15, 0.2) is 5.16 Å². The Morgan fingerprint density at radius 3 is 2.83 bits per heavy atom. The number of carbonyl (C=O) groups excluding carboxylic acids is 1. The summed E-state index contributed by atoms with van der Waals surface area (Å²) in [5, 5.41) is 11.9. The Bertz CT molecular complexity index is 672. The van der Waals surface area contributed by atoms with Crippen LogP contribution in [-0.4, -0.2) is 52.4 Å². The predicted molar refractivity (Wildman–Crippen MR) is 94.7 cm³/mol. The number of nitrogens with one attached hydrogen (secondary N) is 1. The Morgan fingerprint density at radius 1 is 1.46 bits per heavy atom. The van der Waals surface area contributed by atoms with Crippen LogP contribution in [0.2, 0.25) is 0 Å². The van der Waals surface area contributed by atoms with Gasteiger partial charge in [0.15, 0.2) is 15.0 Å². The summed E-state index contributed by atoms with van der Waals surface area (Å²) < 4.78 is 24.9. The third-order valence-electron chi connectivity index (χ3n) is 4.18. The maximum absolute atomic E-state index is 11.9. The highest BCUT2D eigenvalue weighted by molar-refractivity contribution is 7.99. The van der Waals surface area contributed by atoms with Gasteiger partial charge >= 0.3 is 0 Å². The van der Waals surface area contributed by atoms with Crippen molar-refractivity contribution in [3.05, 3.63) is 5.82 Å². The molecule has 2 rings (SSSR count). The Hall–Kier alpha value is -1.09. The lowest BCUT2D eigenvalue weighted by molar-refractivity contribution is -0.119. The molecule has 2 atom stereocenters. The molecule has 1 aliphatic heterocycles. The molecule has 24 heavy (non-hydrogen) atoms. The van der Waals surface area contributed by atoms with E-state index in [4.69, 9.17) is 0 Å². The van der Waals surface area contributed by atoms with Crippen LogP contribution in [0, 0.1) is 5.92 Å². The van der Waals surface area contributed by atoms with E-state index in [1.807, 2.05) is 18.5 Å². The first kappa shape index (κ1) is 19.2. The number of nitrogens with zero attached hydrogens (tertiary/aromatic N) is 3. The fourth-order valence-electron chi connectivity index (χ4n) is 2.89. The van der Waals surface area contributed by atoms with Crippen LogP contribution in [0.4, 0.5) is 0 Å². The molecule has 1 aromatic rings. The molecule has 0 unspecified atom stereocenters. The van der Waals surface area contributed by atoms with Crippen molar-refractivity contribution in [2.24, 2.45) is 13.0 Å². The summed E-state index contributed by atoms with van der Waals surface area (Å²) in [6.45, 7) is 4.09. The minimum absolute atomic E-state index is 0.00705. The molecule has 0 radical (unpaired) electrons. The van der Waals surface area contributed by atoms with Gasteiger partial charge in [-0.05, 0) is 25.7 Å². The average Bonchev–Trinajstić information content (AvgIpc) is 3.01. The summed E-state index contributed by atoms with van der Waals surface area (Å²) in [6, 6.07) is 0.183. The molecule has 0 saturated carbocycles. The van der Waals surface area contributed by atoms with E-state index in [0.29, 0.717) is 23.8 Å². The average molecular weight is 375 g/mol. The topological polar surface area (TPSA) is 94.0 Å². The molecule has 0 aliphatic carbocycles. The van der Waals surface area contributed by atoms with Crippen LogP contribution in [-0.2, 0) is 28.1 Å². The monoisotopic (exact) mass is 374 g/mol. The molecule has 1 aromatic heterocycles. The number of aromatic nitrogens is 3. The van der Waals surface area contributed by atoms with Gasteiger partial charge in [-0.15, -0.1) is 10.2 Å². The van der Waals surface area contributed by atoms with Crippen molar-refractivity contribution in [2.75, 3.05) is 17.3 Å². The highest BCUT2D eigenvalue weighted by Crippen LogP contribution is 2.23. The number of rotatable bonds is 8. The quantitative estimate of drug-likeness (QED) is 0.687. The third kappa shape index (κ3) is 5.47. The van der Waals surface area contributed by atoms with Gasteiger partial charge in [0.25, 0.3) is 0 Å². The van der Waals surface area contributed by atoms with Crippen LogP contribution < -0.4 is 5.32 Å². The molecule has 0 spiro atoms. The largest absolute Gasteiger partial charge is 0.353 e. The van der Waals surface area contributed by atoms with Crippen molar-refractivity contribution in [2.45, 2.75) is 50.7 Å². The van der Waals surface area contributed by atoms with Crippen LogP contribution in [0.1, 0.15) is 38.9 Å². The predicted octanol–water partition coefficient (Wildman–Crippen LogP) is 1.19. The van der Waals surface area contributed by atoms with Crippen molar-refractivity contribution in [3.8, 4) is 0 Å². The van der Waals surface area contributed by atoms with Crippen molar-refractivity contribution in [3.63, 3.8) is 0 Å². The summed E-state index contributed by atoms with van der Waals surface area (Å²) in [5.41, 5.74) is 0. The minimum Gasteiger partial charge on any atom is -0.353 e. The summed E-state index contributed by atoms with van der Waals surface area (Å²) in [4.78, 5) is 11.9. The van der Waals surface area contributed by atoms with Crippen molar-refractivity contribution < 1.29 is 13.2 Å². The third-order valence-corrected chi connectivity index (χ3v) is 7.04. The van der Waals surface area contributed by atoms with Gasteiger partial charge in [-0.2, -0.15) is 0 Å². The Balaban J connectivity index is 1.85. The highest BCUT2D eigenvalue weighted by Gasteiger charge is 2.29. The van der Waals surface area contributed by atoms with Crippen LogP contribution in [0.25, 0.3) is 0 Å². The summed E-state index contributed by atoms with van der Waals surface area (Å²) >= 11 is 1.35. The van der Waals surface area contributed by atoms with E-state index in [9.17, 15) is 13.2 Å². The zero-order chi connectivity index (χ0) is 17.7. The molecule has 1 N–H and O–H groups in total. The molecule has 7 nitrogen and oxygen atoms in total. The van der Waals surface area contributed by atoms with Gasteiger partial charge in [-0.25, -0.2) is 8.42 Å². The molecule has 1 fully saturated rings. The molecular formula is C15H26N4O3S2. The van der Waals surface area contributed by atoms with E-state index in [-0.39, 0.29) is 29.4 Å². The van der Waals surface area contributed by atoms with E-state index in [1.54, 1.807) is 0 Å². The second kappa shape index (κ2) is 8.33. The maximum Gasteiger partial charge on any atom is 0.230 e. The number of carbonyl (C=O) groups is 1. The van der Waals surface area contributed by atoms with Gasteiger partial charge in [-0.3, -0.25) is 4.79 Å². The number of thioether (sulfide) groups is 1. The highest BCUT2D eigenvalue weighted by atomic mass is 32.2. The molecule has 136 valence electrons. The Kier molecular flexibility index (Phi) is 6.68. The molecule has 9 heteroatoms. The van der Waals surface area contributed by atoms with E-state index >= 15 is 0 Å². The molecular weight excluding hydrogens is 348 g/mol. The second-order valence-electron chi connectivity index (χ2n) is 6.48. The van der Waals surface area contributed by atoms with Crippen molar-refractivity contribution in [1.82, 2.24) is 20.1 Å². The first-order chi connectivity index (χ1) is 11.3. The first-order valence-corrected chi connectivity index (χ1v) is 11.1. The van der Waals surface area contributed by atoms with Gasteiger partial charge < -0.3 is 9.88 Å². The van der Waals surface area contributed by atoms with Gasteiger partial charge in [0, 0.05) is 19.5 Å². The number of hydrogen-bond acceptors (Lipinski definition) is 6. The molecule has 0 aromatic carbocycles. The van der Waals surface area contributed by atoms with E-state index in [0.717, 1.165) is 18.7 Å². The van der Waals surface area contributed by atoms with Gasteiger partial charge in [0.2, 0.25) is 5.91 Å². The lowest BCUT2D eigenvalue weighted by Gasteiger charge is -2.12. The number of amides is 1. The lowest BCUT2D eigenvalue weighted by Crippen LogP contribution is -2.33. The van der Waals surface area contributed by atoms with E-state index in [1.165, 1.54) is 11.8 Å². The minimum atomic E-state index is -2.88. The fraction of sp³-hybridized carbons (Fsp3) is 0.800. The lowest BCUT2D eigenvalue weighted by atomic mass is 10.1. The molecule has 1 saturated heterocycles. The van der Waals surface area contributed by atoms with Crippen molar-refractivity contribution in [1.29, 1.82) is 0 Å². The molecule has 1 aliphatic rings. The second-order valence-corrected chi connectivity index (χ2v) is 9.65. The zero-order valence-electron chi connectivity index (χ0n) is 14.5. The Morgan fingerprint density at radius 2 is 2.21 bits per heavy atom. The van der Waals surface area contributed by atoms with Gasteiger partial charge in [0.1, 0.15) is 5.82 Å². The molecule has 2 heterocycles. The van der Waals surface area contributed by atoms with E-state index in [2.05, 4.69) is 22.4 Å². The number of sulfone groups is 1. The summed E-state index contributed by atoms with van der Waals surface area (Å²) in [6.07, 6.45) is 3.31. The van der Waals surface area contributed by atoms with Gasteiger partial charge in [-0.1, -0.05) is 25.1 Å².